The second-order valence-corrected chi connectivity index (χ2v) is 3.24. The van der Waals surface area contributed by atoms with Crippen LogP contribution in [0.2, 0.25) is 0 Å². The van der Waals surface area contributed by atoms with Crippen molar-refractivity contribution in [1.29, 1.82) is 10.8 Å². The Morgan fingerprint density at radius 1 is 1.54 bits per heavy atom. The lowest BCUT2D eigenvalue weighted by molar-refractivity contribution is 0.610. The number of hydrogen-bond donors (Lipinski definition) is 2. The molecule has 0 aliphatic heterocycles. The molecular weight excluding hydrogens is 160 g/mol. The summed E-state index contributed by atoms with van der Waals surface area (Å²) in [5.41, 5.74) is 1.64. The number of allylic oxidation sites excluding steroid dienone is 2. The summed E-state index contributed by atoms with van der Waals surface area (Å²) in [5.74, 6) is 0.289. The Kier molecular flexibility index (Phi) is 5.77. The molecule has 2 N–H and O–H groups in total. The SMILES string of the molecule is C=CC(=C)C(CCC=N)CC(C)=N. The van der Waals surface area contributed by atoms with Gasteiger partial charge in [0.15, 0.2) is 0 Å². The Morgan fingerprint density at radius 2 is 2.15 bits per heavy atom. The Balaban J connectivity index is 4.17. The van der Waals surface area contributed by atoms with Gasteiger partial charge in [0.05, 0.1) is 0 Å². The number of nitrogens with one attached hydrogen (secondary N) is 2. The lowest BCUT2D eigenvalue weighted by atomic mass is 9.90. The van der Waals surface area contributed by atoms with Crippen molar-refractivity contribution in [2.24, 2.45) is 5.92 Å². The molecule has 0 aromatic rings. The van der Waals surface area contributed by atoms with Crippen LogP contribution in [0.25, 0.3) is 0 Å². The van der Waals surface area contributed by atoms with E-state index in [-0.39, 0.29) is 5.92 Å². The van der Waals surface area contributed by atoms with Crippen LogP contribution in [0, 0.1) is 16.7 Å². The molecule has 0 aliphatic rings. The van der Waals surface area contributed by atoms with Crippen LogP contribution >= 0.6 is 0 Å². The van der Waals surface area contributed by atoms with Crippen LogP contribution in [0.4, 0.5) is 0 Å². The fourth-order valence-corrected chi connectivity index (χ4v) is 1.24. The van der Waals surface area contributed by atoms with E-state index < -0.39 is 0 Å². The van der Waals surface area contributed by atoms with Gasteiger partial charge >= 0.3 is 0 Å². The van der Waals surface area contributed by atoms with Crippen molar-refractivity contribution in [2.45, 2.75) is 26.2 Å². The summed E-state index contributed by atoms with van der Waals surface area (Å²) in [7, 11) is 0. The standard InChI is InChI=1S/C11H18N2/c1-4-9(2)11(6-5-7-12)8-10(3)13/h4,7,11-13H,1-2,5-6,8H2,3H3. The zero-order valence-electron chi connectivity index (χ0n) is 8.27. The molecule has 0 amide bonds. The van der Waals surface area contributed by atoms with Crippen LogP contribution in [0.5, 0.6) is 0 Å². The molecule has 1 atom stereocenters. The van der Waals surface area contributed by atoms with Crippen molar-refractivity contribution in [3.8, 4) is 0 Å². The van der Waals surface area contributed by atoms with Gasteiger partial charge in [-0.15, -0.1) is 0 Å². The molecule has 0 saturated heterocycles. The zero-order chi connectivity index (χ0) is 10.3. The summed E-state index contributed by atoms with van der Waals surface area (Å²) in [4.78, 5) is 0. The van der Waals surface area contributed by atoms with Gasteiger partial charge < -0.3 is 10.8 Å². The van der Waals surface area contributed by atoms with Crippen molar-refractivity contribution in [3.63, 3.8) is 0 Å². The summed E-state index contributed by atoms with van der Waals surface area (Å²) >= 11 is 0. The second kappa shape index (κ2) is 6.35. The van der Waals surface area contributed by atoms with Crippen LogP contribution in [0.15, 0.2) is 24.8 Å². The first-order chi connectivity index (χ1) is 6.11. The Morgan fingerprint density at radius 3 is 2.54 bits per heavy atom. The average Bonchev–Trinajstić information content (AvgIpc) is 2.10. The minimum Gasteiger partial charge on any atom is -0.313 e. The minimum atomic E-state index is 0.289. The zero-order valence-corrected chi connectivity index (χ0v) is 8.27. The summed E-state index contributed by atoms with van der Waals surface area (Å²) in [5, 5.41) is 14.3. The van der Waals surface area contributed by atoms with Gasteiger partial charge in [-0.1, -0.05) is 24.8 Å². The van der Waals surface area contributed by atoms with E-state index in [9.17, 15) is 0 Å². The molecular formula is C11H18N2. The molecule has 0 heterocycles. The van der Waals surface area contributed by atoms with Gasteiger partial charge in [0.25, 0.3) is 0 Å². The van der Waals surface area contributed by atoms with Crippen molar-refractivity contribution in [3.05, 3.63) is 24.8 Å². The molecule has 2 heteroatoms. The van der Waals surface area contributed by atoms with Crippen molar-refractivity contribution >= 4 is 11.9 Å². The predicted octanol–water partition coefficient (Wildman–Crippen LogP) is 3.20. The second-order valence-electron chi connectivity index (χ2n) is 3.24. The largest absolute Gasteiger partial charge is 0.313 e. The number of hydrogen-bond acceptors (Lipinski definition) is 2. The molecule has 0 spiro atoms. The first kappa shape index (κ1) is 11.8. The van der Waals surface area contributed by atoms with Gasteiger partial charge in [0, 0.05) is 5.71 Å². The summed E-state index contributed by atoms with van der Waals surface area (Å²) in [6.45, 7) is 9.36. The van der Waals surface area contributed by atoms with Gasteiger partial charge in [0.2, 0.25) is 0 Å². The van der Waals surface area contributed by atoms with E-state index in [4.69, 9.17) is 10.8 Å². The predicted molar refractivity (Wildman–Crippen MR) is 58.9 cm³/mol. The molecule has 0 aromatic carbocycles. The Hall–Kier alpha value is -1.18. The molecule has 0 aliphatic carbocycles. The molecule has 0 saturated carbocycles. The summed E-state index contributed by atoms with van der Waals surface area (Å²) < 4.78 is 0. The monoisotopic (exact) mass is 178 g/mol. The van der Waals surface area contributed by atoms with E-state index in [0.717, 1.165) is 24.8 Å². The normalized spacial score (nSPS) is 11.8. The fraction of sp³-hybridized carbons (Fsp3) is 0.455. The van der Waals surface area contributed by atoms with E-state index >= 15 is 0 Å². The highest BCUT2D eigenvalue weighted by Gasteiger charge is 2.10. The molecule has 72 valence electrons. The van der Waals surface area contributed by atoms with Gasteiger partial charge in [0.1, 0.15) is 0 Å². The van der Waals surface area contributed by atoms with Crippen LogP contribution in [0.3, 0.4) is 0 Å². The van der Waals surface area contributed by atoms with Gasteiger partial charge in [-0.25, -0.2) is 0 Å². The maximum absolute atomic E-state index is 7.40. The van der Waals surface area contributed by atoms with E-state index in [1.807, 2.05) is 0 Å². The maximum Gasteiger partial charge on any atom is 0.00643 e. The highest BCUT2D eigenvalue weighted by atomic mass is 14.4. The molecule has 0 radical (unpaired) electrons. The lowest BCUT2D eigenvalue weighted by Gasteiger charge is -2.15. The Labute approximate surface area is 80.4 Å². The molecule has 0 bridgehead atoms. The molecule has 0 aromatic heterocycles. The lowest BCUT2D eigenvalue weighted by Crippen LogP contribution is -2.07. The maximum atomic E-state index is 7.40. The van der Waals surface area contributed by atoms with E-state index in [1.165, 1.54) is 6.21 Å². The van der Waals surface area contributed by atoms with Crippen LogP contribution in [-0.4, -0.2) is 11.9 Å². The average molecular weight is 178 g/mol. The Bertz CT molecular complexity index is 216. The topological polar surface area (TPSA) is 47.7 Å². The third-order valence-corrected chi connectivity index (χ3v) is 2.00. The highest BCUT2D eigenvalue weighted by Crippen LogP contribution is 2.20. The fourth-order valence-electron chi connectivity index (χ4n) is 1.24. The highest BCUT2D eigenvalue weighted by molar-refractivity contribution is 5.79. The van der Waals surface area contributed by atoms with Crippen molar-refractivity contribution in [1.82, 2.24) is 0 Å². The van der Waals surface area contributed by atoms with Gasteiger partial charge in [-0.05, 0) is 38.3 Å². The van der Waals surface area contributed by atoms with Crippen molar-refractivity contribution in [2.75, 3.05) is 0 Å². The first-order valence-corrected chi connectivity index (χ1v) is 4.46. The van der Waals surface area contributed by atoms with Crippen molar-refractivity contribution < 1.29 is 0 Å². The van der Waals surface area contributed by atoms with E-state index in [0.29, 0.717) is 5.71 Å². The molecule has 1 unspecified atom stereocenters. The van der Waals surface area contributed by atoms with E-state index in [1.54, 1.807) is 13.0 Å². The summed E-state index contributed by atoms with van der Waals surface area (Å²) in [6.07, 6.45) is 5.54. The minimum absolute atomic E-state index is 0.289. The van der Waals surface area contributed by atoms with E-state index in [2.05, 4.69) is 13.2 Å². The summed E-state index contributed by atoms with van der Waals surface area (Å²) in [6, 6.07) is 0. The molecule has 2 nitrogen and oxygen atoms in total. The third kappa shape index (κ3) is 5.12. The van der Waals surface area contributed by atoms with Crippen LogP contribution < -0.4 is 0 Å². The first-order valence-electron chi connectivity index (χ1n) is 4.46. The quantitative estimate of drug-likeness (QED) is 0.444. The van der Waals surface area contributed by atoms with Crippen LogP contribution in [-0.2, 0) is 0 Å². The van der Waals surface area contributed by atoms with Crippen LogP contribution in [0.1, 0.15) is 26.2 Å². The van der Waals surface area contributed by atoms with Gasteiger partial charge in [-0.2, -0.15) is 0 Å². The molecule has 13 heavy (non-hydrogen) atoms. The number of rotatable bonds is 7. The molecule has 0 rings (SSSR count). The molecule has 0 fully saturated rings. The smallest absolute Gasteiger partial charge is 0.00643 e. The van der Waals surface area contributed by atoms with Gasteiger partial charge in [-0.3, -0.25) is 0 Å². The third-order valence-electron chi connectivity index (χ3n) is 2.00.